The number of aromatic nitrogens is 2. The van der Waals surface area contributed by atoms with E-state index >= 15 is 0 Å². The Labute approximate surface area is 154 Å². The summed E-state index contributed by atoms with van der Waals surface area (Å²) in [6.07, 6.45) is 4.87. The van der Waals surface area contributed by atoms with Crippen LogP contribution in [0, 0.1) is 5.82 Å². The predicted molar refractivity (Wildman–Crippen MR) is 102 cm³/mol. The number of nitrogens with one attached hydrogen (secondary N) is 2. The molecule has 1 heterocycles. The van der Waals surface area contributed by atoms with Crippen LogP contribution in [0.3, 0.4) is 0 Å². The molecule has 0 fully saturated rings. The standard InChI is InChI=1S/C12H12ClFN4O.C3H9N.C2H6/c13-3-4-16-12(19)17-11-2-1-9(7-10(11)14)18-6-5-15-8-18;1-4(2)3;1-2/h1-2,5-8H,3-4H2,(H2,16,17,19);1-3H3;1-2H3. The molecular weight excluding hydrogens is 345 g/mol. The van der Waals surface area contributed by atoms with E-state index in [4.69, 9.17) is 11.6 Å². The third kappa shape index (κ3) is 9.69. The maximum absolute atomic E-state index is 13.8. The zero-order valence-corrected chi connectivity index (χ0v) is 16.1. The van der Waals surface area contributed by atoms with Gasteiger partial charge in [0.2, 0.25) is 0 Å². The van der Waals surface area contributed by atoms with Crippen LogP contribution in [0.4, 0.5) is 14.9 Å². The lowest BCUT2D eigenvalue weighted by Crippen LogP contribution is -2.30. The zero-order valence-electron chi connectivity index (χ0n) is 15.4. The lowest BCUT2D eigenvalue weighted by Gasteiger charge is -2.09. The van der Waals surface area contributed by atoms with Gasteiger partial charge in [-0.2, -0.15) is 0 Å². The number of alkyl halides is 1. The van der Waals surface area contributed by atoms with Crippen molar-refractivity contribution in [3.63, 3.8) is 0 Å². The summed E-state index contributed by atoms with van der Waals surface area (Å²) < 4.78 is 15.5. The number of imidazole rings is 1. The number of hydrogen-bond acceptors (Lipinski definition) is 3. The Balaban J connectivity index is 0.000000845. The number of carbonyl (C=O) groups excluding carboxylic acids is 1. The van der Waals surface area contributed by atoms with Gasteiger partial charge < -0.3 is 20.1 Å². The van der Waals surface area contributed by atoms with Crippen molar-refractivity contribution in [2.45, 2.75) is 13.8 Å². The van der Waals surface area contributed by atoms with E-state index in [-0.39, 0.29) is 5.69 Å². The van der Waals surface area contributed by atoms with E-state index in [1.165, 1.54) is 12.1 Å². The topological polar surface area (TPSA) is 62.2 Å². The fourth-order valence-electron chi connectivity index (χ4n) is 1.51. The van der Waals surface area contributed by atoms with Gasteiger partial charge in [0.05, 0.1) is 12.0 Å². The Kier molecular flexibility index (Phi) is 12.1. The van der Waals surface area contributed by atoms with E-state index in [2.05, 4.69) is 15.6 Å². The molecule has 1 aromatic carbocycles. The number of rotatable bonds is 4. The van der Waals surface area contributed by atoms with Crippen molar-refractivity contribution in [2.75, 3.05) is 38.9 Å². The van der Waals surface area contributed by atoms with Crippen LogP contribution in [-0.2, 0) is 0 Å². The molecule has 1 aromatic heterocycles. The van der Waals surface area contributed by atoms with Gasteiger partial charge in [0.1, 0.15) is 5.82 Å². The highest BCUT2D eigenvalue weighted by molar-refractivity contribution is 6.18. The summed E-state index contributed by atoms with van der Waals surface area (Å²) in [7, 11) is 6.00. The van der Waals surface area contributed by atoms with Gasteiger partial charge in [-0.1, -0.05) is 13.8 Å². The molecule has 0 aliphatic heterocycles. The van der Waals surface area contributed by atoms with Crippen molar-refractivity contribution in [3.8, 4) is 5.69 Å². The molecule has 0 aliphatic rings. The highest BCUT2D eigenvalue weighted by Crippen LogP contribution is 2.18. The molecule has 0 saturated heterocycles. The Hall–Kier alpha value is -2.12. The summed E-state index contributed by atoms with van der Waals surface area (Å²) >= 11 is 5.43. The maximum Gasteiger partial charge on any atom is 0.319 e. The van der Waals surface area contributed by atoms with E-state index in [1.54, 1.807) is 29.4 Å². The predicted octanol–water partition coefficient (Wildman–Crippen LogP) is 3.58. The quantitative estimate of drug-likeness (QED) is 0.807. The number of amides is 2. The largest absolute Gasteiger partial charge is 0.337 e. The zero-order chi connectivity index (χ0) is 19.2. The first-order chi connectivity index (χ1) is 11.9. The minimum atomic E-state index is -0.521. The molecule has 2 aromatic rings. The lowest BCUT2D eigenvalue weighted by molar-refractivity contribution is 0.252. The number of hydrogen-bond donors (Lipinski definition) is 2. The monoisotopic (exact) mass is 371 g/mol. The van der Waals surface area contributed by atoms with Crippen molar-refractivity contribution < 1.29 is 9.18 Å². The average molecular weight is 372 g/mol. The number of urea groups is 1. The Morgan fingerprint density at radius 2 is 1.96 bits per heavy atom. The molecule has 2 rings (SSSR count). The lowest BCUT2D eigenvalue weighted by atomic mass is 10.2. The summed E-state index contributed by atoms with van der Waals surface area (Å²) in [5.41, 5.74) is 0.734. The normalized spacial score (nSPS) is 9.44. The number of carbonyl (C=O) groups is 1. The van der Waals surface area contributed by atoms with Crippen LogP contribution in [0.25, 0.3) is 5.69 Å². The Morgan fingerprint density at radius 3 is 2.44 bits per heavy atom. The minimum Gasteiger partial charge on any atom is -0.337 e. The highest BCUT2D eigenvalue weighted by atomic mass is 35.5. The van der Waals surface area contributed by atoms with Crippen LogP contribution in [0.5, 0.6) is 0 Å². The number of halogens is 2. The van der Waals surface area contributed by atoms with Gasteiger partial charge in [0.25, 0.3) is 0 Å². The van der Waals surface area contributed by atoms with Crippen LogP contribution in [0.1, 0.15) is 13.8 Å². The molecule has 6 nitrogen and oxygen atoms in total. The molecular formula is C17H27ClFN5O. The van der Waals surface area contributed by atoms with Crippen LogP contribution in [0.15, 0.2) is 36.9 Å². The molecule has 0 bridgehead atoms. The molecule has 0 unspecified atom stereocenters. The van der Waals surface area contributed by atoms with Gasteiger partial charge in [0, 0.05) is 36.6 Å². The van der Waals surface area contributed by atoms with Crippen molar-refractivity contribution in [1.29, 1.82) is 0 Å². The molecule has 0 radical (unpaired) electrons. The summed E-state index contributed by atoms with van der Waals surface area (Å²) in [5, 5.41) is 4.90. The fraction of sp³-hybridized carbons (Fsp3) is 0.412. The smallest absolute Gasteiger partial charge is 0.319 e. The van der Waals surface area contributed by atoms with E-state index in [0.29, 0.717) is 18.1 Å². The molecule has 25 heavy (non-hydrogen) atoms. The van der Waals surface area contributed by atoms with Crippen molar-refractivity contribution in [2.24, 2.45) is 0 Å². The Bertz CT molecular complexity index is 602. The van der Waals surface area contributed by atoms with Crippen molar-refractivity contribution in [1.82, 2.24) is 19.8 Å². The van der Waals surface area contributed by atoms with E-state index in [9.17, 15) is 9.18 Å². The SMILES string of the molecule is CC.CN(C)C.O=C(NCCCl)Nc1ccc(-n2ccnc2)cc1F. The van der Waals surface area contributed by atoms with Crippen molar-refractivity contribution >= 4 is 23.3 Å². The van der Waals surface area contributed by atoms with Gasteiger partial charge in [-0.05, 0) is 33.3 Å². The van der Waals surface area contributed by atoms with Gasteiger partial charge in [-0.15, -0.1) is 11.6 Å². The fourth-order valence-corrected chi connectivity index (χ4v) is 1.60. The molecule has 0 saturated carbocycles. The summed E-state index contributed by atoms with van der Waals surface area (Å²) in [6, 6.07) is 4.00. The van der Waals surface area contributed by atoms with E-state index < -0.39 is 11.8 Å². The Morgan fingerprint density at radius 1 is 1.32 bits per heavy atom. The summed E-state index contributed by atoms with van der Waals surface area (Å²) in [4.78, 5) is 17.3. The van der Waals surface area contributed by atoms with Gasteiger partial charge in [0.15, 0.2) is 0 Å². The van der Waals surface area contributed by atoms with Gasteiger partial charge in [-0.3, -0.25) is 0 Å². The van der Waals surface area contributed by atoms with Crippen molar-refractivity contribution in [3.05, 3.63) is 42.7 Å². The first-order valence-electron chi connectivity index (χ1n) is 7.93. The van der Waals surface area contributed by atoms with Crippen LogP contribution in [-0.4, -0.2) is 54.0 Å². The molecule has 0 spiro atoms. The van der Waals surface area contributed by atoms with Crippen LogP contribution >= 0.6 is 11.6 Å². The average Bonchev–Trinajstić information content (AvgIpc) is 3.11. The third-order valence-corrected chi connectivity index (χ3v) is 2.57. The van der Waals surface area contributed by atoms with E-state index in [1.807, 2.05) is 39.9 Å². The first-order valence-corrected chi connectivity index (χ1v) is 8.47. The molecule has 2 N–H and O–H groups in total. The number of benzene rings is 1. The second kappa shape index (κ2) is 13.2. The third-order valence-electron chi connectivity index (χ3n) is 2.38. The summed E-state index contributed by atoms with van der Waals surface area (Å²) in [6.45, 7) is 4.32. The van der Waals surface area contributed by atoms with E-state index in [0.717, 1.165) is 0 Å². The summed E-state index contributed by atoms with van der Waals surface area (Å²) in [5.74, 6) is -0.220. The van der Waals surface area contributed by atoms with Gasteiger partial charge in [-0.25, -0.2) is 14.2 Å². The molecule has 2 amide bonds. The number of nitrogens with zero attached hydrogens (tertiary/aromatic N) is 3. The van der Waals surface area contributed by atoms with Crippen LogP contribution < -0.4 is 10.6 Å². The molecule has 0 atom stereocenters. The number of anilines is 1. The second-order valence-corrected chi connectivity index (χ2v) is 5.42. The molecule has 8 heteroatoms. The maximum atomic E-state index is 13.8. The van der Waals surface area contributed by atoms with Gasteiger partial charge >= 0.3 is 6.03 Å². The second-order valence-electron chi connectivity index (χ2n) is 5.05. The molecule has 0 aliphatic carbocycles. The van der Waals surface area contributed by atoms with Crippen LogP contribution in [0.2, 0.25) is 0 Å². The first kappa shape index (κ1) is 22.9. The minimum absolute atomic E-state index is 0.107. The highest BCUT2D eigenvalue weighted by Gasteiger charge is 2.07. The molecule has 140 valence electrons.